The molecule has 0 saturated carbocycles. The zero-order chi connectivity index (χ0) is 58.8. The predicted octanol–water partition coefficient (Wildman–Crippen LogP) is -4.73. The number of alkyl halides is 4. The Labute approximate surface area is 642 Å². The summed E-state index contributed by atoms with van der Waals surface area (Å²) in [7, 11) is 0.750. The number of aliphatic hydroxyl groups is 2. The Morgan fingerprint density at radius 1 is 0.687 bits per heavy atom. The van der Waals surface area contributed by atoms with Crippen molar-refractivity contribution in [2.24, 2.45) is 11.8 Å². The number of hydrogen-bond donors (Lipinski definition) is 7. The van der Waals surface area contributed by atoms with Crippen LogP contribution >= 0.6 is 62.3 Å². The molecule has 8 aromatic rings. The fourth-order valence-corrected chi connectivity index (χ4v) is 9.14. The summed E-state index contributed by atoms with van der Waals surface area (Å²) < 4.78 is 60.6. The minimum atomic E-state index is -1.74. The Bertz CT molecular complexity index is 3080. The van der Waals surface area contributed by atoms with Gasteiger partial charge in [-0.15, -0.1) is 5.60 Å². The van der Waals surface area contributed by atoms with Crippen LogP contribution in [0.1, 0.15) is 76.6 Å². The molecule has 0 amide bonds. The summed E-state index contributed by atoms with van der Waals surface area (Å²) in [4.78, 5) is 53.1. The number of fused-ring (bicyclic) bond motifs is 4. The summed E-state index contributed by atoms with van der Waals surface area (Å²) >= 11 is 25.7. The monoisotopic (exact) mass is 1400 g/mol. The first-order chi connectivity index (χ1) is 37.3. The van der Waals surface area contributed by atoms with Crippen molar-refractivity contribution in [1.82, 2.24) is 78.9 Å². The molecule has 0 aliphatic carbocycles. The maximum atomic E-state index is 14.4. The fraction of sp³-hybridized carbons (Fsp3) is 0.545. The average Bonchev–Trinajstić information content (AvgIpc) is 4.29. The molecule has 0 radical (unpaired) electrons. The van der Waals surface area contributed by atoms with Gasteiger partial charge in [-0.05, 0) is 54.0 Å². The van der Waals surface area contributed by atoms with Crippen molar-refractivity contribution in [3.63, 3.8) is 0 Å². The standard InChI is InChI=1S/C12H15ClFN5O.C10H11ClFN5O3.C7H12BrFO.C5H4ClN5.C5H3ClN5.C4H9O.CH3O.Ca.2K.Na.2H/c1-3-6-5(2)7(14)11(20-6)19-4-16-8-9(15)17-12(13)18-10(8)19;11-10-15-7(13)5-8(16-10)17(2-14-5)9-4(12)6(19)3(1-18)20-9;1-3-5-4(2)6(9)7(8)10-5;2*6-5-10-3(7)2-4(11-5)9-1-8-2;1-4(2,3)5;1-2;;;;;;/h4-7,11H,3H2,1-2H3,(H2,15,17,18);2-4,6,9,18-19H,1H2,(H2,13,15,16);4-7H,3H2,1-2H3;1H,(H3,7,8,9,10,11);1H,(H2-,7,8,9,10,11);1-3H3;1H3;;;;;;/q;;;;3*-1;+2;3*+1;2*-1/t5-,6+,7?,11?;3-,4?,6+,9-;4-,5+,6?,7+;;;;;;;;;;/m010........../s1. The van der Waals surface area contributed by atoms with E-state index in [4.69, 9.17) is 93.8 Å². The summed E-state index contributed by atoms with van der Waals surface area (Å²) in [6.45, 7) is 12.1. The summed E-state index contributed by atoms with van der Waals surface area (Å²) in [5.41, 5.74) is 24.9. The molecule has 0 bridgehead atoms. The van der Waals surface area contributed by atoms with Crippen LogP contribution in [-0.4, -0.2) is 189 Å². The SMILES string of the molecule is CC(C)(C)[O-].CC[C@H]1OC(n2cnc3c(N)nc(Cl)nc32)C(F)[C@H]1C.CC[C@H]1O[C@@H](Br)C(F)[C@H]1C.C[O-].Nc1nc(Cl)nc2[n-]cnc12.Nc1nc(Cl)nc2c1ncn2[C@@H]1O[C@H](CO)[C@H](O)C1F.Nc1nc(Cl)nc2nc[nH]c12.[Ca+2].[H-].[H-].[K+].[K+].[Na+]. The van der Waals surface area contributed by atoms with Gasteiger partial charge in [0.15, 0.2) is 64.5 Å². The second kappa shape index (κ2) is 37.4. The number of ether oxygens (including phenoxy) is 3. The molecular formula is C44H59BrCaCl4F3K2N20NaO7. The zero-order valence-electron chi connectivity index (χ0n) is 49.0. The van der Waals surface area contributed by atoms with Crippen molar-refractivity contribution in [2.45, 2.75) is 127 Å². The van der Waals surface area contributed by atoms with Gasteiger partial charge in [-0.3, -0.25) is 9.13 Å². The largest absolute Gasteiger partial charge is 2.00 e. The minimum absolute atomic E-state index is 0. The number of anilines is 4. The van der Waals surface area contributed by atoms with Gasteiger partial charge in [-0.25, -0.2) is 33.1 Å². The number of imidazole rings is 4. The molecule has 11 heterocycles. The molecule has 0 spiro atoms. The quantitative estimate of drug-likeness (QED) is 0.0483. The van der Waals surface area contributed by atoms with Gasteiger partial charge in [0, 0.05) is 23.0 Å². The molecular weight excluding hydrogens is 1340 g/mol. The summed E-state index contributed by atoms with van der Waals surface area (Å²) in [6, 6.07) is 0. The first-order valence-corrected chi connectivity index (χ1v) is 26.1. The van der Waals surface area contributed by atoms with Crippen LogP contribution in [0.25, 0.3) is 44.7 Å². The molecule has 8 aromatic heterocycles. The third-order valence-electron chi connectivity index (χ3n) is 11.5. The third-order valence-corrected chi connectivity index (χ3v) is 12.9. The second-order valence-electron chi connectivity index (χ2n) is 18.1. The Morgan fingerprint density at radius 2 is 1.11 bits per heavy atom. The Kier molecular flexibility index (Phi) is 36.6. The van der Waals surface area contributed by atoms with Crippen LogP contribution in [-0.2, 0) is 14.2 Å². The maximum Gasteiger partial charge on any atom is 2.00 e. The fourth-order valence-electron chi connectivity index (χ4n) is 7.70. The van der Waals surface area contributed by atoms with E-state index >= 15 is 0 Å². The number of nitrogen functional groups attached to an aromatic ring is 4. The molecule has 39 heteroatoms. The van der Waals surface area contributed by atoms with Crippen molar-refractivity contribution < 1.29 is 183 Å². The van der Waals surface area contributed by atoms with Crippen LogP contribution < -0.4 is 170 Å². The van der Waals surface area contributed by atoms with Gasteiger partial charge in [0.1, 0.15) is 45.8 Å². The van der Waals surface area contributed by atoms with Gasteiger partial charge >= 0.3 is 170 Å². The van der Waals surface area contributed by atoms with Crippen molar-refractivity contribution in [3.8, 4) is 0 Å². The van der Waals surface area contributed by atoms with E-state index in [2.05, 4.69) is 85.7 Å². The third kappa shape index (κ3) is 21.6. The minimum Gasteiger partial charge on any atom is -1.00 e. The van der Waals surface area contributed by atoms with Gasteiger partial charge in [0.2, 0.25) is 15.9 Å². The van der Waals surface area contributed by atoms with Crippen LogP contribution in [0.15, 0.2) is 25.3 Å². The molecule has 3 fully saturated rings. The van der Waals surface area contributed by atoms with Crippen molar-refractivity contribution in [1.29, 1.82) is 0 Å². The molecule has 12 atom stereocenters. The Hall–Kier alpha value is 0.0825. The molecule has 27 nitrogen and oxygen atoms in total. The Morgan fingerprint density at radius 3 is 1.54 bits per heavy atom. The number of H-pyrrole nitrogens is 1. The van der Waals surface area contributed by atoms with E-state index in [1.54, 1.807) is 20.8 Å². The molecule has 4 unspecified atom stereocenters. The average molecular weight is 1400 g/mol. The smallest absolute Gasteiger partial charge is 1.00 e. The molecule has 11 N–H and O–H groups in total. The van der Waals surface area contributed by atoms with Crippen LogP contribution in [0.5, 0.6) is 0 Å². The number of halogens is 8. The molecule has 3 aliphatic rings. The van der Waals surface area contributed by atoms with Gasteiger partial charge in [0.05, 0.1) is 37.8 Å². The Balaban J connectivity index is 0. The number of aromatic nitrogens is 16. The summed E-state index contributed by atoms with van der Waals surface area (Å²) in [5.74, 6) is 0.667. The number of aliphatic hydroxyl groups excluding tert-OH is 2. The predicted molar refractivity (Wildman–Crippen MR) is 296 cm³/mol. The van der Waals surface area contributed by atoms with Crippen LogP contribution in [0.4, 0.5) is 36.4 Å². The number of nitrogens with two attached hydrogens (primary N) is 4. The number of rotatable bonds is 5. The summed E-state index contributed by atoms with van der Waals surface area (Å²) in [5, 5.41) is 36.7. The van der Waals surface area contributed by atoms with Gasteiger partial charge in [-0.2, -0.15) is 37.0 Å². The van der Waals surface area contributed by atoms with Gasteiger partial charge < -0.3 is 80.4 Å². The van der Waals surface area contributed by atoms with Crippen LogP contribution in [0.3, 0.4) is 0 Å². The van der Waals surface area contributed by atoms with E-state index in [-0.39, 0.29) is 252 Å². The molecule has 438 valence electrons. The normalized spacial score (nSPS) is 24.0. The van der Waals surface area contributed by atoms with Crippen molar-refractivity contribution in [3.05, 3.63) is 46.4 Å². The van der Waals surface area contributed by atoms with E-state index in [0.29, 0.717) is 39.3 Å². The number of hydrogen-bond acceptors (Lipinski definition) is 23. The van der Waals surface area contributed by atoms with Crippen LogP contribution in [0, 0.1) is 11.8 Å². The molecule has 11 rings (SSSR count). The molecule has 0 aromatic carbocycles. The van der Waals surface area contributed by atoms with Crippen molar-refractivity contribution in [2.75, 3.05) is 36.7 Å². The van der Waals surface area contributed by atoms with Gasteiger partial charge in [-0.1, -0.05) is 76.0 Å². The first kappa shape index (κ1) is 81.1. The number of nitrogens with zero attached hydrogens (tertiary/aromatic N) is 15. The van der Waals surface area contributed by atoms with Crippen molar-refractivity contribution >= 4 is 168 Å². The second-order valence-corrected chi connectivity index (χ2v) is 20.4. The topological polar surface area (TPSA) is 413 Å². The number of nitrogens with one attached hydrogen (secondary N) is 1. The molecule has 83 heavy (non-hydrogen) atoms. The van der Waals surface area contributed by atoms with E-state index in [9.17, 15) is 23.4 Å². The van der Waals surface area contributed by atoms with Gasteiger partial charge in [0.25, 0.3) is 0 Å². The van der Waals surface area contributed by atoms with E-state index in [1.807, 2.05) is 27.7 Å². The maximum absolute atomic E-state index is 14.4. The molecule has 3 saturated heterocycles. The zero-order valence-corrected chi connectivity index (χ0v) is 62.1. The van der Waals surface area contributed by atoms with E-state index < -0.39 is 55.4 Å². The molecule has 3 aliphatic heterocycles. The summed E-state index contributed by atoms with van der Waals surface area (Å²) in [6.07, 6.45) is -0.867. The van der Waals surface area contributed by atoms with Crippen LogP contribution in [0.2, 0.25) is 21.1 Å². The first-order valence-electron chi connectivity index (χ1n) is 23.7. The number of aromatic amines is 1. The van der Waals surface area contributed by atoms with E-state index in [1.165, 1.54) is 34.4 Å². The van der Waals surface area contributed by atoms with E-state index in [0.717, 1.165) is 20.0 Å².